The number of hydrogen-bond acceptors (Lipinski definition) is 5. The van der Waals surface area contributed by atoms with Crippen LogP contribution in [-0.2, 0) is 23.1 Å². The fraction of sp³-hybridized carbons (Fsp3) is 0.594. The summed E-state index contributed by atoms with van der Waals surface area (Å²) in [4.78, 5) is 17.9. The first-order valence-corrected chi connectivity index (χ1v) is 14.5. The van der Waals surface area contributed by atoms with Crippen molar-refractivity contribution in [3.63, 3.8) is 0 Å². The molecule has 1 spiro atoms. The van der Waals surface area contributed by atoms with Crippen LogP contribution >= 0.6 is 0 Å². The van der Waals surface area contributed by atoms with Crippen LogP contribution in [0.25, 0.3) is 0 Å². The molecule has 2 aromatic carbocycles. The number of aliphatic hydroxyl groups is 1. The second-order valence-electron chi connectivity index (χ2n) is 12.9. The fourth-order valence-corrected chi connectivity index (χ4v) is 8.37. The van der Waals surface area contributed by atoms with Crippen molar-refractivity contribution in [3.05, 3.63) is 58.1 Å². The van der Waals surface area contributed by atoms with E-state index in [0.717, 1.165) is 37.4 Å². The Morgan fingerprint density at radius 2 is 2.00 bits per heavy atom. The number of hydrogen-bond donors (Lipinski definition) is 2. The van der Waals surface area contributed by atoms with Crippen LogP contribution in [0.15, 0.2) is 30.3 Å². The lowest BCUT2D eigenvalue weighted by Crippen LogP contribution is -2.77. The maximum atomic E-state index is 13.5. The number of phenols is 1. The summed E-state index contributed by atoms with van der Waals surface area (Å²) >= 11 is 0. The van der Waals surface area contributed by atoms with Gasteiger partial charge in [-0.15, -0.1) is 0 Å². The molecule has 38 heavy (non-hydrogen) atoms. The maximum Gasteiger partial charge on any atom is 0.222 e. The molecule has 2 aromatic rings. The van der Waals surface area contributed by atoms with Crippen LogP contribution in [0.5, 0.6) is 11.5 Å². The third-order valence-electron chi connectivity index (χ3n) is 10.8. The van der Waals surface area contributed by atoms with Gasteiger partial charge in [-0.1, -0.05) is 24.3 Å². The van der Waals surface area contributed by atoms with Crippen molar-refractivity contribution in [2.45, 2.75) is 94.4 Å². The van der Waals surface area contributed by atoms with E-state index in [1.54, 1.807) is 6.07 Å². The average molecular weight is 517 g/mol. The normalized spacial score (nSPS) is 33.0. The van der Waals surface area contributed by atoms with Gasteiger partial charge in [0.15, 0.2) is 11.5 Å². The zero-order chi connectivity index (χ0) is 26.4. The molecule has 2 unspecified atom stereocenters. The van der Waals surface area contributed by atoms with Gasteiger partial charge in [0.2, 0.25) is 5.91 Å². The minimum Gasteiger partial charge on any atom is -0.504 e. The zero-order valence-corrected chi connectivity index (χ0v) is 22.9. The summed E-state index contributed by atoms with van der Waals surface area (Å²) in [5.74, 6) is 1.60. The first kappa shape index (κ1) is 24.5. The molecule has 3 aliphatic carbocycles. The molecule has 3 fully saturated rings. The highest BCUT2D eigenvalue weighted by molar-refractivity contribution is 5.76. The molecule has 0 aromatic heterocycles. The lowest BCUT2D eigenvalue weighted by atomic mass is 9.48. The molecule has 2 aliphatic heterocycles. The van der Waals surface area contributed by atoms with E-state index in [2.05, 4.69) is 36.9 Å². The summed E-state index contributed by atoms with van der Waals surface area (Å²) in [7, 11) is 1.90. The summed E-state index contributed by atoms with van der Waals surface area (Å²) in [5.41, 5.74) is 4.46. The second kappa shape index (κ2) is 8.46. The predicted molar refractivity (Wildman–Crippen MR) is 146 cm³/mol. The predicted octanol–water partition coefficient (Wildman–Crippen LogP) is 4.03. The van der Waals surface area contributed by atoms with Gasteiger partial charge in [-0.3, -0.25) is 9.69 Å². The summed E-state index contributed by atoms with van der Waals surface area (Å²) in [6.07, 6.45) is 6.32. The minimum absolute atomic E-state index is 0.00720. The number of aromatic hydroxyl groups is 1. The lowest BCUT2D eigenvalue weighted by Gasteiger charge is -2.64. The summed E-state index contributed by atoms with van der Waals surface area (Å²) in [6.45, 7) is 6.22. The molecule has 6 heteroatoms. The van der Waals surface area contributed by atoms with E-state index in [4.69, 9.17) is 4.74 Å². The molecule has 5 aliphatic rings. The van der Waals surface area contributed by atoms with Crippen molar-refractivity contribution in [3.8, 4) is 11.5 Å². The van der Waals surface area contributed by atoms with E-state index in [1.165, 1.54) is 35.1 Å². The van der Waals surface area contributed by atoms with Crippen LogP contribution in [0.4, 0.5) is 0 Å². The van der Waals surface area contributed by atoms with E-state index >= 15 is 0 Å². The number of benzene rings is 2. The number of ether oxygens (including phenoxy) is 1. The van der Waals surface area contributed by atoms with Crippen LogP contribution in [0.3, 0.4) is 0 Å². The standard InChI is InChI=1S/C32H40N2O4/c1-19-4-5-21(14-20(19)2)8-11-28(36)33(3)24-16-27-31-12-13-34(18-22-6-7-22)26(32(31,37)17-24)15-23-9-10-25(35)30(38-27)29(23)31/h4-5,9-10,14,22,24,26-27,35,37H,6-8,11-13,15-18H2,1-3H3/t24?,26-,27?,31-,32-/m1/s1. The smallest absolute Gasteiger partial charge is 0.222 e. The summed E-state index contributed by atoms with van der Waals surface area (Å²) in [6, 6.07) is 10.1. The van der Waals surface area contributed by atoms with Gasteiger partial charge >= 0.3 is 0 Å². The van der Waals surface area contributed by atoms with Crippen molar-refractivity contribution in [2.75, 3.05) is 20.1 Å². The van der Waals surface area contributed by atoms with Crippen LogP contribution in [0.1, 0.15) is 66.3 Å². The summed E-state index contributed by atoms with van der Waals surface area (Å²) < 4.78 is 6.55. The van der Waals surface area contributed by atoms with Gasteiger partial charge in [0.25, 0.3) is 0 Å². The molecule has 2 N–H and O–H groups in total. The molecular formula is C32H40N2O4. The second-order valence-corrected chi connectivity index (χ2v) is 12.9. The Labute approximate surface area is 225 Å². The van der Waals surface area contributed by atoms with E-state index in [-0.39, 0.29) is 29.8 Å². The van der Waals surface area contributed by atoms with Gasteiger partial charge in [-0.05, 0) is 93.2 Å². The molecule has 202 valence electrons. The van der Waals surface area contributed by atoms with Crippen molar-refractivity contribution in [1.29, 1.82) is 0 Å². The number of phenolic OH excluding ortho intramolecular Hbond substituents is 1. The highest BCUT2D eigenvalue weighted by Crippen LogP contribution is 2.65. The van der Waals surface area contributed by atoms with Gasteiger partial charge in [0, 0.05) is 44.1 Å². The molecule has 2 saturated carbocycles. The van der Waals surface area contributed by atoms with Crippen molar-refractivity contribution < 1.29 is 19.7 Å². The Morgan fingerprint density at radius 3 is 2.76 bits per heavy atom. The monoisotopic (exact) mass is 516 g/mol. The Morgan fingerprint density at radius 1 is 1.18 bits per heavy atom. The number of nitrogens with zero attached hydrogens (tertiary/aromatic N) is 2. The number of likely N-dealkylation sites (tertiary alicyclic amines) is 1. The first-order chi connectivity index (χ1) is 18.2. The molecule has 1 amide bonds. The number of aryl methyl sites for hydroxylation is 3. The molecule has 6 nitrogen and oxygen atoms in total. The van der Waals surface area contributed by atoms with E-state index in [1.807, 2.05) is 18.0 Å². The van der Waals surface area contributed by atoms with E-state index < -0.39 is 11.0 Å². The molecule has 2 bridgehead atoms. The van der Waals surface area contributed by atoms with Crippen LogP contribution in [0, 0.1) is 19.8 Å². The fourth-order valence-electron chi connectivity index (χ4n) is 8.37. The van der Waals surface area contributed by atoms with Crippen LogP contribution in [0.2, 0.25) is 0 Å². The number of carbonyl (C=O) groups excluding carboxylic acids is 1. The van der Waals surface area contributed by atoms with Gasteiger partial charge in [0.1, 0.15) is 6.10 Å². The Balaban J connectivity index is 1.18. The number of carbonyl (C=O) groups is 1. The maximum absolute atomic E-state index is 13.5. The molecular weight excluding hydrogens is 476 g/mol. The number of rotatable bonds is 6. The van der Waals surface area contributed by atoms with Gasteiger partial charge < -0.3 is 19.8 Å². The largest absolute Gasteiger partial charge is 0.504 e. The highest BCUT2D eigenvalue weighted by atomic mass is 16.5. The number of amides is 1. The van der Waals surface area contributed by atoms with Gasteiger partial charge in [0.05, 0.1) is 11.0 Å². The molecule has 2 heterocycles. The quantitative estimate of drug-likeness (QED) is 0.607. The Bertz CT molecular complexity index is 1300. The third-order valence-corrected chi connectivity index (χ3v) is 10.8. The third kappa shape index (κ3) is 3.42. The molecule has 1 saturated heterocycles. The lowest BCUT2D eigenvalue weighted by molar-refractivity contribution is -0.199. The SMILES string of the molecule is Cc1ccc(CCC(=O)N(C)C2CC3Oc4c(O)ccc5c4[C@@]34CCN(CC3CC3)[C@H](C5)[C@]4(O)C2)cc1C. The Hall–Kier alpha value is -2.57. The Kier molecular flexibility index (Phi) is 5.45. The van der Waals surface area contributed by atoms with Gasteiger partial charge in [-0.25, -0.2) is 0 Å². The molecule has 7 rings (SSSR count). The molecule has 5 atom stereocenters. The van der Waals surface area contributed by atoms with Crippen LogP contribution in [-0.4, -0.2) is 69.8 Å². The van der Waals surface area contributed by atoms with Gasteiger partial charge in [-0.2, -0.15) is 0 Å². The first-order valence-electron chi connectivity index (χ1n) is 14.5. The van der Waals surface area contributed by atoms with Crippen molar-refractivity contribution >= 4 is 5.91 Å². The van der Waals surface area contributed by atoms with Crippen LogP contribution < -0.4 is 4.74 Å². The minimum atomic E-state index is -0.998. The summed E-state index contributed by atoms with van der Waals surface area (Å²) in [5, 5.41) is 23.6. The topological polar surface area (TPSA) is 73.2 Å². The number of piperidine rings is 1. The highest BCUT2D eigenvalue weighted by Gasteiger charge is 2.72. The van der Waals surface area contributed by atoms with Crippen molar-refractivity contribution in [2.24, 2.45) is 5.92 Å². The zero-order valence-electron chi connectivity index (χ0n) is 22.9. The molecule has 0 radical (unpaired) electrons. The van der Waals surface area contributed by atoms with E-state index in [9.17, 15) is 15.0 Å². The average Bonchev–Trinajstić information content (AvgIpc) is 3.64. The van der Waals surface area contributed by atoms with Crippen molar-refractivity contribution in [1.82, 2.24) is 9.80 Å². The van der Waals surface area contributed by atoms with E-state index in [0.29, 0.717) is 31.4 Å².